The Balaban J connectivity index is 0.000000159. The molecule has 5 aromatic carbocycles. The van der Waals surface area contributed by atoms with E-state index in [-0.39, 0.29) is 36.1 Å². The quantitative estimate of drug-likeness (QED) is 0.165. The predicted molar refractivity (Wildman–Crippen MR) is 207 cm³/mol. The summed E-state index contributed by atoms with van der Waals surface area (Å²) >= 11 is 0. The van der Waals surface area contributed by atoms with E-state index in [2.05, 4.69) is 108 Å². The van der Waals surface area contributed by atoms with Gasteiger partial charge in [-0.3, -0.25) is 0 Å². The minimum absolute atomic E-state index is 0.0912. The Morgan fingerprint density at radius 3 is 1.07 bits per heavy atom. The van der Waals surface area contributed by atoms with Gasteiger partial charge in [0.15, 0.2) is 0 Å². The maximum atomic E-state index is 10.6. The van der Waals surface area contributed by atoms with Crippen molar-refractivity contribution < 1.29 is 30.0 Å². The lowest BCUT2D eigenvalue weighted by Crippen LogP contribution is -2.48. The van der Waals surface area contributed by atoms with Crippen molar-refractivity contribution in [3.8, 4) is 0 Å². The number of aliphatic hydroxyl groups is 2. The summed E-state index contributed by atoms with van der Waals surface area (Å²) in [7, 11) is 0. The molecular formula is C46H50N2O6-2. The van der Waals surface area contributed by atoms with E-state index in [4.69, 9.17) is 0 Å². The lowest BCUT2D eigenvalue weighted by Gasteiger charge is -2.36. The molecule has 2 aliphatic heterocycles. The Labute approximate surface area is 318 Å². The standard InChI is InChI=1S/2C18H21NO.C10H10O4/c2*20-16-12-7-13-19-18(16)17(14-8-3-1-4-9-14)15-10-5-2-6-11-15;11-9(12)6-8(10(13)14)7-4-2-1-3-5-7/h2*1-6,8-11,16-20H,7,12-13H2;1-5,8H,6H2,(H,11,12)(H,13,14)/p-2. The maximum Gasteiger partial charge on any atom is 0.0703 e. The smallest absolute Gasteiger partial charge is 0.0703 e. The molecule has 5 unspecified atom stereocenters. The molecule has 0 radical (unpaired) electrons. The van der Waals surface area contributed by atoms with Crippen molar-refractivity contribution in [1.82, 2.24) is 10.6 Å². The van der Waals surface area contributed by atoms with Crippen LogP contribution in [0.4, 0.5) is 0 Å². The predicted octanol–water partition coefficient (Wildman–Crippen LogP) is 4.52. The second-order valence-corrected chi connectivity index (χ2v) is 13.8. The summed E-state index contributed by atoms with van der Waals surface area (Å²) in [6.07, 6.45) is 2.74. The van der Waals surface area contributed by atoms with Crippen LogP contribution in [0.5, 0.6) is 0 Å². The van der Waals surface area contributed by atoms with E-state index < -0.39 is 24.3 Å². The fourth-order valence-corrected chi connectivity index (χ4v) is 7.52. The van der Waals surface area contributed by atoms with Crippen LogP contribution in [0.1, 0.15) is 77.7 Å². The molecule has 8 heteroatoms. The third-order valence-corrected chi connectivity index (χ3v) is 10.2. The monoisotopic (exact) mass is 726 g/mol. The van der Waals surface area contributed by atoms with Crippen LogP contribution in [0.25, 0.3) is 0 Å². The van der Waals surface area contributed by atoms with Crippen molar-refractivity contribution in [2.75, 3.05) is 13.1 Å². The summed E-state index contributed by atoms with van der Waals surface area (Å²) in [5.74, 6) is -3.54. The van der Waals surface area contributed by atoms with Gasteiger partial charge in [-0.2, -0.15) is 0 Å². The van der Waals surface area contributed by atoms with Gasteiger partial charge < -0.3 is 40.6 Å². The molecule has 282 valence electrons. The van der Waals surface area contributed by atoms with Crippen LogP contribution >= 0.6 is 0 Å². The minimum atomic E-state index is -1.40. The van der Waals surface area contributed by atoms with Crippen molar-refractivity contribution in [2.45, 2.75) is 74.1 Å². The van der Waals surface area contributed by atoms with Crippen molar-refractivity contribution in [1.29, 1.82) is 0 Å². The number of aliphatic carboxylic acids is 2. The largest absolute Gasteiger partial charge is 0.550 e. The highest BCUT2D eigenvalue weighted by molar-refractivity contribution is 5.80. The normalized spacial score (nSPS) is 20.1. The second kappa shape index (κ2) is 20.9. The van der Waals surface area contributed by atoms with E-state index in [1.807, 2.05) is 24.3 Å². The highest BCUT2D eigenvalue weighted by Crippen LogP contribution is 2.33. The van der Waals surface area contributed by atoms with Crippen LogP contribution in [0.2, 0.25) is 0 Å². The van der Waals surface area contributed by atoms with Gasteiger partial charge in [0.1, 0.15) is 0 Å². The molecule has 2 fully saturated rings. The molecule has 4 N–H and O–H groups in total. The molecular weight excluding hydrogens is 677 g/mol. The van der Waals surface area contributed by atoms with Crippen molar-refractivity contribution in [2.24, 2.45) is 0 Å². The van der Waals surface area contributed by atoms with Crippen LogP contribution in [0.15, 0.2) is 152 Å². The summed E-state index contributed by atoms with van der Waals surface area (Å²) < 4.78 is 0. The van der Waals surface area contributed by atoms with Gasteiger partial charge in [-0.15, -0.1) is 0 Å². The molecule has 2 saturated heterocycles. The summed E-state index contributed by atoms with van der Waals surface area (Å²) in [5.41, 5.74) is 5.46. The molecule has 2 aliphatic rings. The highest BCUT2D eigenvalue weighted by atomic mass is 16.4. The third kappa shape index (κ3) is 11.4. The van der Waals surface area contributed by atoms with Gasteiger partial charge in [0.05, 0.1) is 12.2 Å². The molecule has 0 amide bonds. The van der Waals surface area contributed by atoms with Gasteiger partial charge in [0.2, 0.25) is 0 Å². The van der Waals surface area contributed by atoms with Crippen LogP contribution in [0.3, 0.4) is 0 Å². The first-order valence-electron chi connectivity index (χ1n) is 18.8. The molecule has 0 bridgehead atoms. The molecule has 0 spiro atoms. The highest BCUT2D eigenvalue weighted by Gasteiger charge is 2.33. The maximum absolute atomic E-state index is 10.6. The fraction of sp³-hybridized carbons (Fsp3) is 0.304. The molecule has 7 rings (SSSR count). The van der Waals surface area contributed by atoms with Crippen LogP contribution in [0, 0.1) is 0 Å². The van der Waals surface area contributed by atoms with Crippen LogP contribution < -0.4 is 20.8 Å². The Bertz CT molecular complexity index is 1630. The van der Waals surface area contributed by atoms with E-state index in [1.54, 1.807) is 30.3 Å². The number of carbonyl (C=O) groups is 2. The number of rotatable bonds is 10. The number of nitrogens with one attached hydrogen (secondary N) is 2. The number of carboxylic acid groups (broad SMARTS) is 2. The number of piperidine rings is 2. The SMILES string of the molecule is O=C([O-])CC(C(=O)[O-])c1ccccc1.OC1CCCNC1C(c1ccccc1)c1ccccc1.OC1CCCNC1C(c1ccccc1)c1ccccc1. The van der Waals surface area contributed by atoms with E-state index in [0.29, 0.717) is 5.56 Å². The number of aliphatic hydroxyl groups excluding tert-OH is 2. The van der Waals surface area contributed by atoms with Gasteiger partial charge in [-0.25, -0.2) is 0 Å². The van der Waals surface area contributed by atoms with Crippen molar-refractivity contribution in [3.63, 3.8) is 0 Å². The number of carboxylic acids is 2. The van der Waals surface area contributed by atoms with Gasteiger partial charge in [-0.05, 0) is 73.0 Å². The fourth-order valence-electron chi connectivity index (χ4n) is 7.52. The number of hydrogen-bond acceptors (Lipinski definition) is 8. The molecule has 54 heavy (non-hydrogen) atoms. The Morgan fingerprint density at radius 2 is 0.815 bits per heavy atom. The van der Waals surface area contributed by atoms with Gasteiger partial charge in [0, 0.05) is 41.8 Å². The van der Waals surface area contributed by atoms with Gasteiger partial charge in [0.25, 0.3) is 0 Å². The lowest BCUT2D eigenvalue weighted by atomic mass is 9.80. The summed E-state index contributed by atoms with van der Waals surface area (Å²) in [6.45, 7) is 1.97. The average molecular weight is 727 g/mol. The third-order valence-electron chi connectivity index (χ3n) is 10.2. The molecule has 0 saturated carbocycles. The zero-order chi connectivity index (χ0) is 38.1. The molecule has 0 aromatic heterocycles. The van der Waals surface area contributed by atoms with Crippen molar-refractivity contribution >= 4 is 11.9 Å². The first-order valence-corrected chi connectivity index (χ1v) is 18.8. The zero-order valence-corrected chi connectivity index (χ0v) is 30.5. The Hall–Kier alpha value is -5.12. The first kappa shape index (κ1) is 40.1. The second-order valence-electron chi connectivity index (χ2n) is 13.8. The van der Waals surface area contributed by atoms with E-state index in [9.17, 15) is 30.0 Å². The molecule has 2 heterocycles. The van der Waals surface area contributed by atoms with Crippen molar-refractivity contribution in [3.05, 3.63) is 179 Å². The lowest BCUT2D eigenvalue weighted by molar-refractivity contribution is -0.317. The average Bonchev–Trinajstić information content (AvgIpc) is 3.21. The molecule has 5 atom stereocenters. The van der Waals surface area contributed by atoms with E-state index in [1.165, 1.54) is 22.3 Å². The molecule has 5 aromatic rings. The van der Waals surface area contributed by atoms with E-state index >= 15 is 0 Å². The minimum Gasteiger partial charge on any atom is -0.550 e. The summed E-state index contributed by atoms with van der Waals surface area (Å²) in [5, 5.41) is 48.7. The zero-order valence-electron chi connectivity index (χ0n) is 30.5. The van der Waals surface area contributed by atoms with Crippen LogP contribution in [-0.2, 0) is 9.59 Å². The Kier molecular flexibility index (Phi) is 15.5. The Morgan fingerprint density at radius 1 is 0.519 bits per heavy atom. The topological polar surface area (TPSA) is 145 Å². The first-order chi connectivity index (χ1) is 26.3. The van der Waals surface area contributed by atoms with E-state index in [0.717, 1.165) is 38.8 Å². The molecule has 8 nitrogen and oxygen atoms in total. The number of hydrogen-bond donors (Lipinski definition) is 4. The number of benzene rings is 5. The summed E-state index contributed by atoms with van der Waals surface area (Å²) in [4.78, 5) is 20.9. The summed E-state index contributed by atoms with van der Waals surface area (Å²) in [6, 6.07) is 50.2. The number of carbonyl (C=O) groups excluding carboxylic acids is 2. The van der Waals surface area contributed by atoms with Gasteiger partial charge >= 0.3 is 0 Å². The van der Waals surface area contributed by atoms with Crippen LogP contribution in [-0.4, -0.2) is 59.5 Å². The molecule has 0 aliphatic carbocycles. The van der Waals surface area contributed by atoms with Gasteiger partial charge in [-0.1, -0.05) is 152 Å².